The van der Waals surface area contributed by atoms with Crippen molar-refractivity contribution in [2.75, 3.05) is 47.5 Å². The van der Waals surface area contributed by atoms with Gasteiger partial charge in [0.15, 0.2) is 11.5 Å². The molecule has 0 atom stereocenters. The monoisotopic (exact) mass is 494 g/mol. The molecule has 1 aliphatic rings. The van der Waals surface area contributed by atoms with Gasteiger partial charge >= 0.3 is 0 Å². The molecule has 0 aliphatic carbocycles. The third-order valence-corrected chi connectivity index (χ3v) is 5.83. The largest absolute Gasteiger partial charge is 0.493 e. The van der Waals surface area contributed by atoms with E-state index >= 15 is 0 Å². The Labute approximate surface area is 208 Å². The molecule has 2 heterocycles. The van der Waals surface area contributed by atoms with E-state index in [0.29, 0.717) is 11.5 Å². The lowest BCUT2D eigenvalue weighted by Crippen LogP contribution is -2.45. The van der Waals surface area contributed by atoms with Gasteiger partial charge in [0.2, 0.25) is 5.75 Å². The fourth-order valence-corrected chi connectivity index (χ4v) is 4.17. The summed E-state index contributed by atoms with van der Waals surface area (Å²) in [5.41, 5.74) is 4.76. The van der Waals surface area contributed by atoms with Gasteiger partial charge in [0.05, 0.1) is 33.9 Å². The van der Waals surface area contributed by atoms with Crippen molar-refractivity contribution < 1.29 is 18.6 Å². The molecule has 0 bridgehead atoms. The summed E-state index contributed by atoms with van der Waals surface area (Å²) in [6.45, 7) is 5.88. The van der Waals surface area contributed by atoms with E-state index in [1.54, 1.807) is 33.9 Å². The van der Waals surface area contributed by atoms with Crippen molar-refractivity contribution in [1.82, 2.24) is 9.80 Å². The Kier molecular flexibility index (Phi) is 10.4. The van der Waals surface area contributed by atoms with Crippen molar-refractivity contribution in [2.45, 2.75) is 13.1 Å². The number of hydrogen-bond acceptors (Lipinski definition) is 6. The predicted molar refractivity (Wildman–Crippen MR) is 135 cm³/mol. The highest BCUT2D eigenvalue weighted by molar-refractivity contribution is 5.85. The van der Waals surface area contributed by atoms with Crippen LogP contribution < -0.4 is 14.2 Å². The van der Waals surface area contributed by atoms with Crippen molar-refractivity contribution in [3.05, 3.63) is 66.1 Å². The lowest BCUT2D eigenvalue weighted by molar-refractivity contribution is 0.121. The highest BCUT2D eigenvalue weighted by Crippen LogP contribution is 2.40. The second-order valence-electron chi connectivity index (χ2n) is 7.76. The quantitative estimate of drug-likeness (QED) is 0.432. The molecular weight excluding hydrogens is 463 g/mol. The lowest BCUT2D eigenvalue weighted by Gasteiger charge is -2.35. The summed E-state index contributed by atoms with van der Waals surface area (Å²) in [5.74, 6) is 2.09. The first kappa shape index (κ1) is 26.9. The van der Waals surface area contributed by atoms with E-state index < -0.39 is 0 Å². The Morgan fingerprint density at radius 1 is 0.758 bits per heavy atom. The van der Waals surface area contributed by atoms with E-state index in [2.05, 4.69) is 40.1 Å². The molecule has 1 aromatic heterocycles. The number of benzene rings is 2. The number of ether oxygens (including phenoxy) is 3. The summed E-state index contributed by atoms with van der Waals surface area (Å²) in [5, 5.41) is 0. The van der Waals surface area contributed by atoms with Crippen LogP contribution in [-0.2, 0) is 13.1 Å². The van der Waals surface area contributed by atoms with Crippen LogP contribution in [0.15, 0.2) is 59.4 Å². The number of methoxy groups -OCH3 is 3. The Morgan fingerprint density at radius 3 is 2.06 bits per heavy atom. The minimum Gasteiger partial charge on any atom is -0.493 e. The average molecular weight is 495 g/mol. The minimum absolute atomic E-state index is 0. The molecule has 180 valence electrons. The second-order valence-corrected chi connectivity index (χ2v) is 7.76. The number of piperazine rings is 1. The van der Waals surface area contributed by atoms with Crippen LogP contribution in [0.3, 0.4) is 0 Å². The Hall–Kier alpha value is -2.38. The first-order valence-electron chi connectivity index (χ1n) is 10.6. The molecule has 4 rings (SSSR count). The van der Waals surface area contributed by atoms with Gasteiger partial charge in [0, 0.05) is 50.4 Å². The van der Waals surface area contributed by atoms with E-state index in [9.17, 15) is 0 Å². The normalized spacial score (nSPS) is 14.2. The molecule has 0 radical (unpaired) electrons. The van der Waals surface area contributed by atoms with Gasteiger partial charge in [0.1, 0.15) is 0 Å². The first-order chi connectivity index (χ1) is 15.2. The van der Waals surface area contributed by atoms with E-state index in [4.69, 9.17) is 18.6 Å². The van der Waals surface area contributed by atoms with Gasteiger partial charge in [0.25, 0.3) is 0 Å². The summed E-state index contributed by atoms with van der Waals surface area (Å²) >= 11 is 0. The van der Waals surface area contributed by atoms with Crippen molar-refractivity contribution in [3.63, 3.8) is 0 Å². The van der Waals surface area contributed by atoms with Crippen LogP contribution in [0.1, 0.15) is 11.1 Å². The summed E-state index contributed by atoms with van der Waals surface area (Å²) < 4.78 is 21.8. The Bertz CT molecular complexity index is 990. The van der Waals surface area contributed by atoms with Gasteiger partial charge in [-0.25, -0.2) is 0 Å². The van der Waals surface area contributed by atoms with E-state index in [0.717, 1.165) is 56.1 Å². The smallest absolute Gasteiger partial charge is 0.203 e. The van der Waals surface area contributed by atoms with Crippen LogP contribution >= 0.6 is 24.8 Å². The van der Waals surface area contributed by atoms with Crippen molar-refractivity contribution >= 4 is 24.8 Å². The zero-order valence-electron chi connectivity index (χ0n) is 19.3. The van der Waals surface area contributed by atoms with Gasteiger partial charge < -0.3 is 18.6 Å². The number of nitrogens with zero attached hydrogens (tertiary/aromatic N) is 2. The molecule has 1 fully saturated rings. The van der Waals surface area contributed by atoms with Crippen LogP contribution in [0.4, 0.5) is 0 Å². The third-order valence-electron chi connectivity index (χ3n) is 5.83. The topological polar surface area (TPSA) is 47.3 Å². The maximum Gasteiger partial charge on any atom is 0.203 e. The summed E-state index contributed by atoms with van der Waals surface area (Å²) in [4.78, 5) is 4.97. The Morgan fingerprint density at radius 2 is 1.45 bits per heavy atom. The maximum absolute atomic E-state index is 5.64. The van der Waals surface area contributed by atoms with Gasteiger partial charge in [-0.3, -0.25) is 9.80 Å². The molecule has 8 heteroatoms. The van der Waals surface area contributed by atoms with Crippen molar-refractivity contribution in [2.24, 2.45) is 0 Å². The summed E-state index contributed by atoms with van der Waals surface area (Å²) in [6, 6.07) is 14.7. The van der Waals surface area contributed by atoms with Gasteiger partial charge in [-0.1, -0.05) is 24.3 Å². The van der Waals surface area contributed by atoms with Crippen molar-refractivity contribution in [1.29, 1.82) is 0 Å². The molecule has 0 amide bonds. The molecule has 3 aromatic rings. The van der Waals surface area contributed by atoms with Crippen LogP contribution in [0, 0.1) is 0 Å². The molecule has 0 N–H and O–H groups in total. The molecule has 2 aromatic carbocycles. The second kappa shape index (κ2) is 12.8. The molecule has 0 saturated carbocycles. The molecule has 33 heavy (non-hydrogen) atoms. The van der Waals surface area contributed by atoms with Crippen LogP contribution in [0.25, 0.3) is 11.1 Å². The standard InChI is InChI=1S/C25H30N2O4.2ClH/c1-28-23-8-7-21(24(29-2)25(23)30-3)17-27-12-10-26(11-13-27)16-19-5-4-6-20(15-19)22-9-14-31-18-22;;/h4-9,14-15,18H,10-13,16-17H2,1-3H3;2*1H. The molecule has 0 spiro atoms. The number of furan rings is 1. The molecule has 6 nitrogen and oxygen atoms in total. The van der Waals surface area contributed by atoms with Crippen molar-refractivity contribution in [3.8, 4) is 28.4 Å². The fraction of sp³-hybridized carbons (Fsp3) is 0.360. The zero-order chi connectivity index (χ0) is 21.6. The molecule has 0 unspecified atom stereocenters. The summed E-state index contributed by atoms with van der Waals surface area (Å²) in [6.07, 6.45) is 3.51. The predicted octanol–water partition coefficient (Wildman–Crippen LogP) is 5.13. The highest BCUT2D eigenvalue weighted by atomic mass is 35.5. The van der Waals surface area contributed by atoms with Gasteiger partial charge in [-0.2, -0.15) is 0 Å². The maximum atomic E-state index is 5.64. The number of hydrogen-bond donors (Lipinski definition) is 0. The number of halogens is 2. The van der Waals surface area contributed by atoms with E-state index in [-0.39, 0.29) is 24.8 Å². The SMILES string of the molecule is COc1ccc(CN2CCN(Cc3cccc(-c4ccoc4)c3)CC2)c(OC)c1OC.Cl.Cl. The minimum atomic E-state index is 0. The molecular formula is C25H32Cl2N2O4. The fourth-order valence-electron chi connectivity index (χ4n) is 4.17. The average Bonchev–Trinajstić information content (AvgIpc) is 3.35. The Balaban J connectivity index is 0.00000193. The van der Waals surface area contributed by atoms with Crippen LogP contribution in [0.5, 0.6) is 17.2 Å². The van der Waals surface area contributed by atoms with Crippen LogP contribution in [-0.4, -0.2) is 57.3 Å². The zero-order valence-corrected chi connectivity index (χ0v) is 20.9. The molecule has 1 aliphatic heterocycles. The number of rotatable bonds is 8. The van der Waals surface area contributed by atoms with E-state index in [1.807, 2.05) is 12.1 Å². The first-order valence-corrected chi connectivity index (χ1v) is 10.6. The van der Waals surface area contributed by atoms with Gasteiger partial charge in [-0.15, -0.1) is 24.8 Å². The van der Waals surface area contributed by atoms with E-state index in [1.165, 1.54) is 11.1 Å². The highest BCUT2D eigenvalue weighted by Gasteiger charge is 2.21. The molecule has 1 saturated heterocycles. The third kappa shape index (κ3) is 6.36. The summed E-state index contributed by atoms with van der Waals surface area (Å²) in [7, 11) is 4.96. The lowest BCUT2D eigenvalue weighted by atomic mass is 10.1. The van der Waals surface area contributed by atoms with Gasteiger partial charge in [-0.05, 0) is 29.3 Å². The van der Waals surface area contributed by atoms with Crippen LogP contribution in [0.2, 0.25) is 0 Å².